The predicted molar refractivity (Wildman–Crippen MR) is 67.0 cm³/mol. The van der Waals surface area contributed by atoms with Crippen molar-refractivity contribution in [1.29, 1.82) is 0 Å². The van der Waals surface area contributed by atoms with Gasteiger partial charge in [-0.3, -0.25) is 0 Å². The molecular formula is C13H17N3O. The van der Waals surface area contributed by atoms with Crippen molar-refractivity contribution < 1.29 is 4.74 Å². The van der Waals surface area contributed by atoms with Gasteiger partial charge in [0, 0.05) is 24.6 Å². The van der Waals surface area contributed by atoms with E-state index in [1.54, 1.807) is 12.4 Å². The summed E-state index contributed by atoms with van der Waals surface area (Å²) >= 11 is 0. The van der Waals surface area contributed by atoms with Crippen LogP contribution in [0.15, 0.2) is 30.7 Å². The van der Waals surface area contributed by atoms with Gasteiger partial charge >= 0.3 is 0 Å². The van der Waals surface area contributed by atoms with E-state index in [2.05, 4.69) is 28.4 Å². The lowest BCUT2D eigenvalue weighted by Crippen LogP contribution is -2.04. The number of aromatic nitrogens is 3. The van der Waals surface area contributed by atoms with Crippen molar-refractivity contribution in [2.75, 3.05) is 6.61 Å². The topological polar surface area (TPSA) is 39.9 Å². The lowest BCUT2D eigenvalue weighted by Gasteiger charge is -2.13. The summed E-state index contributed by atoms with van der Waals surface area (Å²) in [5, 5.41) is 0. The minimum atomic E-state index is 0.363. The van der Waals surface area contributed by atoms with E-state index in [-0.39, 0.29) is 0 Å². The minimum Gasteiger partial charge on any atom is -0.477 e. The molecule has 0 aromatic carbocycles. The van der Waals surface area contributed by atoms with E-state index in [0.29, 0.717) is 18.5 Å². The van der Waals surface area contributed by atoms with Crippen LogP contribution in [-0.2, 0) is 0 Å². The molecule has 0 aliphatic carbocycles. The Bertz CT molecular complexity index is 491. The minimum absolute atomic E-state index is 0.363. The first-order chi connectivity index (χ1) is 8.24. The smallest absolute Gasteiger partial charge is 0.224 e. The van der Waals surface area contributed by atoms with Crippen molar-refractivity contribution >= 4 is 0 Å². The predicted octanol–water partition coefficient (Wildman–Crippen LogP) is 2.92. The van der Waals surface area contributed by atoms with Crippen LogP contribution in [0, 0.1) is 0 Å². The first kappa shape index (κ1) is 11.6. The normalized spacial score (nSPS) is 10.8. The van der Waals surface area contributed by atoms with Gasteiger partial charge in [0.25, 0.3) is 0 Å². The van der Waals surface area contributed by atoms with Crippen LogP contribution in [0.5, 0.6) is 5.88 Å². The Morgan fingerprint density at radius 1 is 1.29 bits per heavy atom. The lowest BCUT2D eigenvalue weighted by molar-refractivity contribution is 0.328. The summed E-state index contributed by atoms with van der Waals surface area (Å²) in [6, 6.07) is 4.25. The van der Waals surface area contributed by atoms with Crippen molar-refractivity contribution in [3.8, 4) is 17.3 Å². The van der Waals surface area contributed by atoms with Gasteiger partial charge in [-0.1, -0.05) is 0 Å². The highest BCUT2D eigenvalue weighted by Gasteiger charge is 2.13. The fourth-order valence-electron chi connectivity index (χ4n) is 1.75. The molecule has 2 rings (SSSR count). The van der Waals surface area contributed by atoms with Crippen LogP contribution in [-0.4, -0.2) is 21.1 Å². The van der Waals surface area contributed by atoms with Crippen LogP contribution < -0.4 is 4.74 Å². The molecule has 0 N–H and O–H groups in total. The molecule has 0 spiro atoms. The summed E-state index contributed by atoms with van der Waals surface area (Å²) in [5.41, 5.74) is 0.938. The number of rotatable bonds is 4. The molecule has 0 radical (unpaired) electrons. The Balaban J connectivity index is 2.48. The summed E-state index contributed by atoms with van der Waals surface area (Å²) in [7, 11) is 0. The highest BCUT2D eigenvalue weighted by atomic mass is 16.5. The Labute approximate surface area is 101 Å². The maximum atomic E-state index is 5.53. The van der Waals surface area contributed by atoms with Crippen LogP contribution in [0.2, 0.25) is 0 Å². The Hall–Kier alpha value is -1.84. The molecule has 0 saturated carbocycles. The van der Waals surface area contributed by atoms with Crippen molar-refractivity contribution in [2.45, 2.75) is 26.8 Å². The van der Waals surface area contributed by atoms with E-state index >= 15 is 0 Å². The molecule has 2 heterocycles. The first-order valence-electron chi connectivity index (χ1n) is 5.85. The van der Waals surface area contributed by atoms with Gasteiger partial charge in [0.05, 0.1) is 12.2 Å². The summed E-state index contributed by atoms with van der Waals surface area (Å²) in [5.74, 6) is 1.54. The summed E-state index contributed by atoms with van der Waals surface area (Å²) in [4.78, 5) is 8.64. The quantitative estimate of drug-likeness (QED) is 0.812. The maximum Gasteiger partial charge on any atom is 0.224 e. The van der Waals surface area contributed by atoms with E-state index in [4.69, 9.17) is 4.74 Å². The molecular weight excluding hydrogens is 214 g/mol. The Morgan fingerprint density at radius 3 is 2.82 bits per heavy atom. The number of hydrogen-bond acceptors (Lipinski definition) is 3. The number of hydrogen-bond donors (Lipinski definition) is 0. The molecule has 0 amide bonds. The second kappa shape index (κ2) is 4.99. The van der Waals surface area contributed by atoms with Crippen LogP contribution in [0.1, 0.15) is 26.8 Å². The van der Waals surface area contributed by atoms with E-state index < -0.39 is 0 Å². The lowest BCUT2D eigenvalue weighted by atomic mass is 10.2. The van der Waals surface area contributed by atoms with Gasteiger partial charge in [-0.15, -0.1) is 0 Å². The zero-order valence-corrected chi connectivity index (χ0v) is 10.4. The second-order valence-corrected chi connectivity index (χ2v) is 4.04. The summed E-state index contributed by atoms with van der Waals surface area (Å²) < 4.78 is 7.64. The SMILES string of the molecule is CCOc1ncccc1-c1nccn1C(C)C. The van der Waals surface area contributed by atoms with Crippen molar-refractivity contribution in [3.05, 3.63) is 30.7 Å². The average Bonchev–Trinajstić information content (AvgIpc) is 2.79. The Morgan fingerprint density at radius 2 is 2.12 bits per heavy atom. The summed E-state index contributed by atoms with van der Waals surface area (Å²) in [6.45, 7) is 6.81. The average molecular weight is 231 g/mol. The molecule has 0 bridgehead atoms. The number of ether oxygens (including phenoxy) is 1. The van der Waals surface area contributed by atoms with Gasteiger partial charge in [-0.2, -0.15) is 0 Å². The second-order valence-electron chi connectivity index (χ2n) is 4.04. The molecule has 0 aliphatic heterocycles. The summed E-state index contributed by atoms with van der Waals surface area (Å²) in [6.07, 6.45) is 5.51. The van der Waals surface area contributed by atoms with Gasteiger partial charge in [0.15, 0.2) is 0 Å². The van der Waals surface area contributed by atoms with Crippen LogP contribution in [0.25, 0.3) is 11.4 Å². The van der Waals surface area contributed by atoms with Gasteiger partial charge < -0.3 is 9.30 Å². The van der Waals surface area contributed by atoms with E-state index in [0.717, 1.165) is 11.4 Å². The fourth-order valence-corrected chi connectivity index (χ4v) is 1.75. The molecule has 0 unspecified atom stereocenters. The molecule has 4 heteroatoms. The van der Waals surface area contributed by atoms with Crippen molar-refractivity contribution in [3.63, 3.8) is 0 Å². The first-order valence-corrected chi connectivity index (χ1v) is 5.85. The molecule has 2 aromatic heterocycles. The van der Waals surface area contributed by atoms with Crippen LogP contribution >= 0.6 is 0 Å². The Kier molecular flexibility index (Phi) is 3.42. The fraction of sp³-hybridized carbons (Fsp3) is 0.385. The van der Waals surface area contributed by atoms with Crippen molar-refractivity contribution in [1.82, 2.24) is 14.5 Å². The maximum absolute atomic E-state index is 5.53. The molecule has 17 heavy (non-hydrogen) atoms. The van der Waals surface area contributed by atoms with Gasteiger partial charge in [-0.05, 0) is 32.9 Å². The molecule has 0 aliphatic rings. The van der Waals surface area contributed by atoms with Crippen LogP contribution in [0.3, 0.4) is 0 Å². The van der Waals surface area contributed by atoms with E-state index in [1.807, 2.05) is 25.3 Å². The molecule has 90 valence electrons. The molecule has 0 fully saturated rings. The van der Waals surface area contributed by atoms with Gasteiger partial charge in [-0.25, -0.2) is 9.97 Å². The van der Waals surface area contributed by atoms with E-state index in [1.165, 1.54) is 0 Å². The highest BCUT2D eigenvalue weighted by Crippen LogP contribution is 2.28. The van der Waals surface area contributed by atoms with Crippen molar-refractivity contribution in [2.24, 2.45) is 0 Å². The zero-order valence-electron chi connectivity index (χ0n) is 10.4. The van der Waals surface area contributed by atoms with E-state index in [9.17, 15) is 0 Å². The van der Waals surface area contributed by atoms with Crippen LogP contribution in [0.4, 0.5) is 0 Å². The third-order valence-corrected chi connectivity index (χ3v) is 2.52. The highest BCUT2D eigenvalue weighted by molar-refractivity contribution is 5.61. The third-order valence-electron chi connectivity index (χ3n) is 2.52. The molecule has 4 nitrogen and oxygen atoms in total. The number of nitrogens with zero attached hydrogens (tertiary/aromatic N) is 3. The molecule has 2 aromatic rings. The number of pyridine rings is 1. The number of imidazole rings is 1. The molecule has 0 saturated heterocycles. The third kappa shape index (κ3) is 2.30. The molecule has 0 atom stereocenters. The largest absolute Gasteiger partial charge is 0.477 e. The standard InChI is InChI=1S/C13H17N3O/c1-4-17-13-11(6-5-7-15-13)12-14-8-9-16(12)10(2)3/h5-10H,4H2,1-3H3. The monoisotopic (exact) mass is 231 g/mol. The zero-order chi connectivity index (χ0) is 12.3. The van der Waals surface area contributed by atoms with Gasteiger partial charge in [0.2, 0.25) is 5.88 Å². The van der Waals surface area contributed by atoms with Gasteiger partial charge in [0.1, 0.15) is 5.82 Å².